The molecule has 8 nitrogen and oxygen atoms in total. The highest BCUT2D eigenvalue weighted by molar-refractivity contribution is 6.22. The first kappa shape index (κ1) is 33.2. The normalized spacial score (nSPS) is 20.3. The van der Waals surface area contributed by atoms with Crippen LogP contribution < -0.4 is 10.2 Å². The van der Waals surface area contributed by atoms with Crippen LogP contribution in [0, 0.1) is 17.8 Å². The van der Waals surface area contributed by atoms with Crippen LogP contribution in [-0.2, 0) is 16.2 Å². The van der Waals surface area contributed by atoms with Crippen LogP contribution in [0.3, 0.4) is 0 Å². The summed E-state index contributed by atoms with van der Waals surface area (Å²) in [4.78, 5) is 29.2. The molecule has 1 fully saturated rings. The molecule has 1 aromatic heterocycles. The number of rotatable bonds is 13. The quantitative estimate of drug-likeness (QED) is 0.0902. The standard InChI is InChI=1S/C40H42N2O6/c1-2-9-28-23-34-38(40(47)42(39(34)46)31-17-15-30(16-18-31)41-29-12-7-4-8-13-29)35(25-44)37(28)36(45)21-14-27(26-10-5-3-6-11-26)22-32-19-20-33(24-43)48-32/h3-8,10-13,15-20,22,34-36,38,41,43-45H,2,9,14,21,23-25H2,1H3/b27-22-/t34-,35+,36-,38-/m1/s1. The number of carbonyl (C=O) groups excluding carboxylic acids is 2. The summed E-state index contributed by atoms with van der Waals surface area (Å²) in [5.41, 5.74) is 5.83. The Morgan fingerprint density at radius 1 is 0.917 bits per heavy atom. The fraction of sp³-hybridized carbons (Fsp3) is 0.300. The van der Waals surface area contributed by atoms with Gasteiger partial charge in [-0.25, -0.2) is 0 Å². The molecular weight excluding hydrogens is 604 g/mol. The lowest BCUT2D eigenvalue weighted by Gasteiger charge is -2.36. The molecule has 6 rings (SSSR count). The van der Waals surface area contributed by atoms with Gasteiger partial charge in [-0.3, -0.25) is 14.5 Å². The van der Waals surface area contributed by atoms with Crippen LogP contribution in [0.5, 0.6) is 0 Å². The number of hydrogen-bond donors (Lipinski definition) is 4. The van der Waals surface area contributed by atoms with Crippen molar-refractivity contribution >= 4 is 40.5 Å². The number of imide groups is 1. The van der Waals surface area contributed by atoms with Crippen LogP contribution in [0.15, 0.2) is 113 Å². The third-order valence-corrected chi connectivity index (χ3v) is 9.47. The van der Waals surface area contributed by atoms with E-state index >= 15 is 0 Å². The topological polar surface area (TPSA) is 123 Å². The van der Waals surface area contributed by atoms with Gasteiger partial charge in [0, 0.05) is 17.3 Å². The maximum atomic E-state index is 14.0. The molecule has 0 bridgehead atoms. The minimum Gasteiger partial charge on any atom is -0.459 e. The summed E-state index contributed by atoms with van der Waals surface area (Å²) in [5, 5.41) is 35.4. The first-order valence-electron chi connectivity index (χ1n) is 16.7. The van der Waals surface area contributed by atoms with Gasteiger partial charge in [0.2, 0.25) is 11.8 Å². The molecule has 4 N–H and O–H groups in total. The number of aliphatic hydroxyl groups excluding tert-OH is 3. The molecule has 248 valence electrons. The van der Waals surface area contributed by atoms with Crippen molar-refractivity contribution in [3.63, 3.8) is 0 Å². The number of nitrogens with one attached hydrogen (secondary N) is 1. The third kappa shape index (κ3) is 6.92. The molecular formula is C40H42N2O6. The van der Waals surface area contributed by atoms with Gasteiger partial charge in [0.1, 0.15) is 18.1 Å². The van der Waals surface area contributed by atoms with Gasteiger partial charge in [0.15, 0.2) is 0 Å². The minimum absolute atomic E-state index is 0.193. The number of amides is 2. The molecule has 2 heterocycles. The lowest BCUT2D eigenvalue weighted by atomic mass is 9.67. The second-order valence-electron chi connectivity index (χ2n) is 12.5. The van der Waals surface area contributed by atoms with E-state index in [2.05, 4.69) is 12.2 Å². The summed E-state index contributed by atoms with van der Waals surface area (Å²) in [7, 11) is 0. The molecule has 0 spiro atoms. The maximum absolute atomic E-state index is 14.0. The molecule has 8 heteroatoms. The molecule has 2 amide bonds. The number of aliphatic hydroxyl groups is 3. The van der Waals surface area contributed by atoms with Crippen molar-refractivity contribution < 1.29 is 29.3 Å². The number of furan rings is 1. The molecule has 1 saturated heterocycles. The third-order valence-electron chi connectivity index (χ3n) is 9.47. The van der Waals surface area contributed by atoms with E-state index in [9.17, 15) is 24.9 Å². The van der Waals surface area contributed by atoms with Crippen molar-refractivity contribution in [3.05, 3.63) is 125 Å². The Morgan fingerprint density at radius 2 is 1.60 bits per heavy atom. The lowest BCUT2D eigenvalue weighted by molar-refractivity contribution is -0.123. The number of anilines is 3. The molecule has 1 aliphatic carbocycles. The summed E-state index contributed by atoms with van der Waals surface area (Å²) in [6.45, 7) is 1.52. The van der Waals surface area contributed by atoms with E-state index in [1.807, 2.05) is 78.9 Å². The van der Waals surface area contributed by atoms with E-state index in [1.165, 1.54) is 4.90 Å². The Kier molecular flexibility index (Phi) is 10.3. The fourth-order valence-corrected chi connectivity index (χ4v) is 7.26. The highest BCUT2D eigenvalue weighted by Crippen LogP contribution is 2.48. The van der Waals surface area contributed by atoms with Gasteiger partial charge in [-0.15, -0.1) is 0 Å². The summed E-state index contributed by atoms with van der Waals surface area (Å²) in [6, 6.07) is 30.3. The smallest absolute Gasteiger partial charge is 0.238 e. The SMILES string of the molecule is CCCC1=C([C@H](O)CC/C(=C/c2ccc(CO)o2)c2ccccc2)[C@H](CO)[C@@H]2C(=O)N(c3ccc(Nc4ccccc4)cc3)C(=O)[C@@H]2C1. The molecule has 3 aromatic carbocycles. The van der Waals surface area contributed by atoms with Gasteiger partial charge in [0.05, 0.1) is 30.2 Å². The second kappa shape index (κ2) is 15.0. The minimum atomic E-state index is -0.915. The molecule has 0 radical (unpaired) electrons. The Balaban J connectivity index is 1.24. The van der Waals surface area contributed by atoms with E-state index < -0.39 is 23.9 Å². The number of para-hydroxylation sites is 1. The lowest BCUT2D eigenvalue weighted by Crippen LogP contribution is -2.39. The first-order chi connectivity index (χ1) is 23.4. The van der Waals surface area contributed by atoms with E-state index in [4.69, 9.17) is 4.42 Å². The monoisotopic (exact) mass is 646 g/mol. The van der Waals surface area contributed by atoms with Gasteiger partial charge < -0.3 is 25.1 Å². The zero-order valence-corrected chi connectivity index (χ0v) is 27.1. The molecule has 48 heavy (non-hydrogen) atoms. The second-order valence-corrected chi connectivity index (χ2v) is 12.5. The average Bonchev–Trinajstić information content (AvgIpc) is 3.68. The largest absolute Gasteiger partial charge is 0.459 e. The summed E-state index contributed by atoms with van der Waals surface area (Å²) in [5.74, 6) is -1.53. The van der Waals surface area contributed by atoms with E-state index in [-0.39, 0.29) is 25.0 Å². The highest BCUT2D eigenvalue weighted by Gasteiger charge is 2.55. The van der Waals surface area contributed by atoms with Crippen LogP contribution in [-0.4, -0.2) is 39.8 Å². The molecule has 0 saturated carbocycles. The number of carbonyl (C=O) groups is 2. The Morgan fingerprint density at radius 3 is 2.25 bits per heavy atom. The van der Waals surface area contributed by atoms with Crippen molar-refractivity contribution in [2.24, 2.45) is 17.8 Å². The number of nitrogens with zero attached hydrogens (tertiary/aromatic N) is 1. The number of allylic oxidation sites excluding steroid dienone is 2. The van der Waals surface area contributed by atoms with E-state index in [0.717, 1.165) is 34.5 Å². The number of fused-ring (bicyclic) bond motifs is 1. The molecule has 2 aliphatic rings. The zero-order valence-electron chi connectivity index (χ0n) is 27.1. The summed E-state index contributed by atoms with van der Waals surface area (Å²) >= 11 is 0. The number of hydrogen-bond acceptors (Lipinski definition) is 7. The summed E-state index contributed by atoms with van der Waals surface area (Å²) in [6.07, 6.45) is 3.72. The first-order valence-corrected chi connectivity index (χ1v) is 16.7. The Labute approximate surface area is 281 Å². The van der Waals surface area contributed by atoms with Crippen molar-refractivity contribution in [3.8, 4) is 0 Å². The Hall–Kier alpha value is -4.76. The average molecular weight is 647 g/mol. The molecule has 4 aromatic rings. The summed E-state index contributed by atoms with van der Waals surface area (Å²) < 4.78 is 5.73. The Bertz CT molecular complexity index is 1780. The van der Waals surface area contributed by atoms with Gasteiger partial charge in [0.25, 0.3) is 0 Å². The van der Waals surface area contributed by atoms with E-state index in [1.54, 1.807) is 24.3 Å². The van der Waals surface area contributed by atoms with Crippen LogP contribution in [0.1, 0.15) is 56.1 Å². The highest BCUT2D eigenvalue weighted by atomic mass is 16.4. The maximum Gasteiger partial charge on any atom is 0.238 e. The van der Waals surface area contributed by atoms with Crippen LogP contribution in [0.2, 0.25) is 0 Å². The van der Waals surface area contributed by atoms with Crippen LogP contribution in [0.4, 0.5) is 17.1 Å². The zero-order chi connectivity index (χ0) is 33.6. The predicted molar refractivity (Wildman–Crippen MR) is 187 cm³/mol. The van der Waals surface area contributed by atoms with E-state index in [0.29, 0.717) is 48.5 Å². The van der Waals surface area contributed by atoms with Crippen molar-refractivity contribution in [1.29, 1.82) is 0 Å². The molecule has 4 atom stereocenters. The van der Waals surface area contributed by atoms with Crippen molar-refractivity contribution in [2.75, 3.05) is 16.8 Å². The van der Waals surface area contributed by atoms with Crippen LogP contribution in [0.25, 0.3) is 11.6 Å². The van der Waals surface area contributed by atoms with Crippen molar-refractivity contribution in [2.45, 2.75) is 51.7 Å². The fourth-order valence-electron chi connectivity index (χ4n) is 7.26. The van der Waals surface area contributed by atoms with Gasteiger partial charge in [-0.05, 0) is 97.0 Å². The molecule has 1 aliphatic heterocycles. The van der Waals surface area contributed by atoms with Crippen LogP contribution >= 0.6 is 0 Å². The van der Waals surface area contributed by atoms with Gasteiger partial charge in [-0.2, -0.15) is 0 Å². The van der Waals surface area contributed by atoms with Gasteiger partial charge in [-0.1, -0.05) is 67.4 Å². The predicted octanol–water partition coefficient (Wildman–Crippen LogP) is 7.11. The molecule has 0 unspecified atom stereocenters. The van der Waals surface area contributed by atoms with Gasteiger partial charge >= 0.3 is 0 Å². The van der Waals surface area contributed by atoms with Crippen molar-refractivity contribution in [1.82, 2.24) is 0 Å². The number of benzene rings is 3.